The van der Waals surface area contributed by atoms with Crippen molar-refractivity contribution in [3.63, 3.8) is 0 Å². The zero-order valence-electron chi connectivity index (χ0n) is 17.4. The highest BCUT2D eigenvalue weighted by Crippen LogP contribution is 2.27. The molecular weight excluding hydrogens is 418 g/mol. The van der Waals surface area contributed by atoms with Crippen molar-refractivity contribution in [3.8, 4) is 5.75 Å². The number of ether oxygens (including phenoxy) is 2. The second-order valence-electron chi connectivity index (χ2n) is 7.51. The van der Waals surface area contributed by atoms with Crippen molar-refractivity contribution in [2.45, 2.75) is 37.9 Å². The lowest BCUT2D eigenvalue weighted by Gasteiger charge is -2.28. The van der Waals surface area contributed by atoms with E-state index in [2.05, 4.69) is 38.9 Å². The van der Waals surface area contributed by atoms with Crippen molar-refractivity contribution >= 4 is 29.0 Å². The number of aromatic nitrogens is 4. The predicted octanol–water partition coefficient (Wildman–Crippen LogP) is 4.10. The van der Waals surface area contributed by atoms with Crippen LogP contribution in [0.3, 0.4) is 0 Å². The Kier molecular flexibility index (Phi) is 7.24. The Bertz CT molecular complexity index is 923. The molecule has 4 rings (SSSR count). The van der Waals surface area contributed by atoms with Crippen LogP contribution < -0.4 is 9.64 Å². The van der Waals surface area contributed by atoms with Gasteiger partial charge in [0.1, 0.15) is 17.4 Å². The Morgan fingerprint density at radius 3 is 2.73 bits per heavy atom. The molecule has 30 heavy (non-hydrogen) atoms. The Morgan fingerprint density at radius 2 is 1.97 bits per heavy atom. The highest BCUT2D eigenvalue weighted by atomic mass is 32.2. The van der Waals surface area contributed by atoms with Gasteiger partial charge in [-0.25, -0.2) is 4.98 Å². The molecule has 1 aliphatic rings. The van der Waals surface area contributed by atoms with E-state index in [9.17, 15) is 0 Å². The maximum Gasteiger partial charge on any atom is 0.228 e. The zero-order chi connectivity index (χ0) is 20.8. The lowest BCUT2D eigenvalue weighted by molar-refractivity contribution is 0.121. The minimum absolute atomic E-state index is 0.490. The number of thioether (sulfide) groups is 1. The van der Waals surface area contributed by atoms with E-state index in [0.29, 0.717) is 12.5 Å². The van der Waals surface area contributed by atoms with Crippen LogP contribution in [-0.4, -0.2) is 46.1 Å². The normalized spacial score (nSPS) is 14.4. The molecule has 0 radical (unpaired) electrons. The van der Waals surface area contributed by atoms with E-state index in [1.165, 1.54) is 0 Å². The Hall–Kier alpha value is -2.10. The number of anilines is 1. The molecule has 3 heterocycles. The fraction of sp³-hybridized carbons (Fsp3) is 0.476. The molecule has 3 aromatic rings. The average molecular weight is 446 g/mol. The van der Waals surface area contributed by atoms with Crippen molar-refractivity contribution in [3.05, 3.63) is 46.4 Å². The number of morpholine rings is 1. The largest absolute Gasteiger partial charge is 0.486 e. The van der Waals surface area contributed by atoms with Crippen molar-refractivity contribution in [1.29, 1.82) is 0 Å². The fourth-order valence-electron chi connectivity index (χ4n) is 3.19. The molecule has 160 valence electrons. The first-order valence-electron chi connectivity index (χ1n) is 10.2. The third-order valence-corrected chi connectivity index (χ3v) is 6.46. The number of hydrogen-bond donors (Lipinski definition) is 0. The summed E-state index contributed by atoms with van der Waals surface area (Å²) in [5.74, 6) is 3.09. The molecule has 0 atom stereocenters. The SMILES string of the molecule is CC(C)Cn1c(SCc2csc(COc3ccccc3)n2)nnc1N1CCOCC1. The molecule has 1 fully saturated rings. The zero-order valence-corrected chi connectivity index (χ0v) is 19.0. The van der Waals surface area contributed by atoms with Crippen molar-refractivity contribution in [2.24, 2.45) is 5.92 Å². The number of nitrogens with zero attached hydrogens (tertiary/aromatic N) is 5. The number of hydrogen-bond acceptors (Lipinski definition) is 8. The maximum atomic E-state index is 5.80. The third kappa shape index (κ3) is 5.53. The van der Waals surface area contributed by atoms with Gasteiger partial charge in [-0.2, -0.15) is 0 Å². The van der Waals surface area contributed by atoms with E-state index >= 15 is 0 Å². The smallest absolute Gasteiger partial charge is 0.228 e. The van der Waals surface area contributed by atoms with Crippen LogP contribution in [0.1, 0.15) is 24.5 Å². The molecule has 0 amide bonds. The summed E-state index contributed by atoms with van der Waals surface area (Å²) in [5.41, 5.74) is 1.05. The second-order valence-corrected chi connectivity index (χ2v) is 9.39. The van der Waals surface area contributed by atoms with Gasteiger partial charge >= 0.3 is 0 Å². The van der Waals surface area contributed by atoms with Gasteiger partial charge in [0, 0.05) is 30.8 Å². The summed E-state index contributed by atoms with van der Waals surface area (Å²) in [4.78, 5) is 6.98. The first-order chi connectivity index (χ1) is 14.7. The van der Waals surface area contributed by atoms with E-state index in [1.54, 1.807) is 23.1 Å². The lowest BCUT2D eigenvalue weighted by Crippen LogP contribution is -2.38. The summed E-state index contributed by atoms with van der Waals surface area (Å²) in [7, 11) is 0. The number of benzene rings is 1. The van der Waals surface area contributed by atoms with Crippen LogP contribution in [0.25, 0.3) is 0 Å². The van der Waals surface area contributed by atoms with Gasteiger partial charge < -0.3 is 14.4 Å². The van der Waals surface area contributed by atoms with Crippen LogP contribution in [0.2, 0.25) is 0 Å². The van der Waals surface area contributed by atoms with E-state index in [0.717, 1.165) is 66.2 Å². The molecule has 0 saturated carbocycles. The molecule has 1 saturated heterocycles. The molecule has 0 spiro atoms. The Labute approximate surface area is 185 Å². The van der Waals surface area contributed by atoms with E-state index in [4.69, 9.17) is 14.5 Å². The van der Waals surface area contributed by atoms with Gasteiger partial charge in [-0.1, -0.05) is 43.8 Å². The Balaban J connectivity index is 1.38. The van der Waals surface area contributed by atoms with Gasteiger partial charge in [-0.15, -0.1) is 21.5 Å². The second kappa shape index (κ2) is 10.3. The van der Waals surface area contributed by atoms with Crippen molar-refractivity contribution < 1.29 is 9.47 Å². The molecule has 0 N–H and O–H groups in total. The molecule has 0 unspecified atom stereocenters. The molecule has 2 aromatic heterocycles. The van der Waals surface area contributed by atoms with Crippen LogP contribution in [0.4, 0.5) is 5.95 Å². The summed E-state index contributed by atoms with van der Waals surface area (Å²) < 4.78 is 13.5. The molecule has 0 aliphatic carbocycles. The standard InChI is InChI=1S/C21H27N5O2S2/c1-16(2)12-26-20(25-8-10-27-11-9-25)23-24-21(26)30-15-17-14-29-19(22-17)13-28-18-6-4-3-5-7-18/h3-7,14,16H,8-13,15H2,1-2H3. The number of para-hydroxylation sites is 1. The van der Waals surface area contributed by atoms with E-state index in [-0.39, 0.29) is 0 Å². The van der Waals surface area contributed by atoms with Crippen LogP contribution in [0.15, 0.2) is 40.9 Å². The van der Waals surface area contributed by atoms with Gasteiger partial charge in [0.2, 0.25) is 5.95 Å². The maximum absolute atomic E-state index is 5.80. The van der Waals surface area contributed by atoms with Gasteiger partial charge in [0.25, 0.3) is 0 Å². The van der Waals surface area contributed by atoms with Crippen LogP contribution in [0, 0.1) is 5.92 Å². The number of rotatable bonds is 9. The number of thiazole rings is 1. The molecule has 0 bridgehead atoms. The average Bonchev–Trinajstić information content (AvgIpc) is 3.38. The molecule has 1 aromatic carbocycles. The molecule has 7 nitrogen and oxygen atoms in total. The summed E-state index contributed by atoms with van der Waals surface area (Å²) >= 11 is 3.32. The van der Waals surface area contributed by atoms with Gasteiger partial charge in [-0.05, 0) is 18.1 Å². The molecular formula is C21H27N5O2S2. The van der Waals surface area contributed by atoms with Gasteiger partial charge in [-0.3, -0.25) is 4.57 Å². The Morgan fingerprint density at radius 1 is 1.17 bits per heavy atom. The topological polar surface area (TPSA) is 65.3 Å². The van der Waals surface area contributed by atoms with Crippen LogP contribution in [-0.2, 0) is 23.6 Å². The minimum atomic E-state index is 0.490. The van der Waals surface area contributed by atoms with Crippen molar-refractivity contribution in [1.82, 2.24) is 19.7 Å². The first kappa shape index (κ1) is 21.1. The highest BCUT2D eigenvalue weighted by Gasteiger charge is 2.21. The van der Waals surface area contributed by atoms with Crippen LogP contribution >= 0.6 is 23.1 Å². The summed E-state index contributed by atoms with van der Waals surface area (Å²) in [6.07, 6.45) is 0. The van der Waals surface area contributed by atoms with Crippen molar-refractivity contribution in [2.75, 3.05) is 31.2 Å². The minimum Gasteiger partial charge on any atom is -0.486 e. The summed E-state index contributed by atoms with van der Waals surface area (Å²) in [6.45, 7) is 9.02. The van der Waals surface area contributed by atoms with Gasteiger partial charge in [0.05, 0.1) is 18.9 Å². The lowest BCUT2D eigenvalue weighted by atomic mass is 10.2. The molecule has 9 heteroatoms. The predicted molar refractivity (Wildman–Crippen MR) is 120 cm³/mol. The first-order valence-corrected chi connectivity index (χ1v) is 12.1. The summed E-state index contributed by atoms with van der Waals surface area (Å²) in [6, 6.07) is 9.83. The molecule has 1 aliphatic heterocycles. The summed E-state index contributed by atoms with van der Waals surface area (Å²) in [5, 5.41) is 13.0. The monoisotopic (exact) mass is 445 g/mol. The van der Waals surface area contributed by atoms with Crippen LogP contribution in [0.5, 0.6) is 5.75 Å². The van der Waals surface area contributed by atoms with Gasteiger partial charge in [0.15, 0.2) is 5.16 Å². The fourth-order valence-corrected chi connectivity index (χ4v) is 4.84. The quantitative estimate of drug-likeness (QED) is 0.460. The third-order valence-electron chi connectivity index (χ3n) is 4.59. The van der Waals surface area contributed by atoms with E-state index < -0.39 is 0 Å². The van der Waals surface area contributed by atoms with E-state index in [1.807, 2.05) is 30.3 Å². The highest BCUT2D eigenvalue weighted by molar-refractivity contribution is 7.98.